The van der Waals surface area contributed by atoms with Gasteiger partial charge in [-0.25, -0.2) is 13.1 Å². The molecule has 0 aliphatic carbocycles. The molecule has 1 heterocycles. The zero-order valence-electron chi connectivity index (χ0n) is 13.3. The Morgan fingerprint density at radius 1 is 1.35 bits per heavy atom. The Bertz CT molecular complexity index is 671. The lowest BCUT2D eigenvalue weighted by Crippen LogP contribution is -2.46. The van der Waals surface area contributed by atoms with Gasteiger partial charge < -0.3 is 5.32 Å². The average molecular weight is 360 g/mol. The Morgan fingerprint density at radius 3 is 2.61 bits per heavy atom. The zero-order valence-corrected chi connectivity index (χ0v) is 14.9. The predicted molar refractivity (Wildman–Crippen MR) is 92.3 cm³/mol. The first-order valence-corrected chi connectivity index (χ1v) is 9.76. The number of hydrogen-bond acceptors (Lipinski definition) is 4. The second kappa shape index (κ2) is 7.61. The number of nitrogens with one attached hydrogen (secondary N) is 2. The maximum atomic E-state index is 12.1. The van der Waals surface area contributed by atoms with E-state index >= 15 is 0 Å². The largest absolute Gasteiger partial charge is 0.325 e. The third-order valence-electron chi connectivity index (χ3n) is 3.88. The van der Waals surface area contributed by atoms with Crippen LogP contribution in [-0.4, -0.2) is 51.2 Å². The first-order valence-electron chi connectivity index (χ1n) is 7.49. The van der Waals surface area contributed by atoms with Crippen molar-refractivity contribution in [2.75, 3.05) is 31.2 Å². The molecule has 128 valence electrons. The monoisotopic (exact) mass is 359 g/mol. The SMILES string of the molecule is Cc1c(Cl)cccc1NC(=O)CN1CCC(NS(C)(=O)=O)CC1. The van der Waals surface area contributed by atoms with Crippen molar-refractivity contribution in [3.8, 4) is 0 Å². The zero-order chi connectivity index (χ0) is 17.0. The maximum absolute atomic E-state index is 12.1. The minimum atomic E-state index is -3.17. The van der Waals surface area contributed by atoms with E-state index in [9.17, 15) is 13.2 Å². The molecule has 6 nitrogen and oxygen atoms in total. The fourth-order valence-corrected chi connectivity index (χ4v) is 3.66. The third kappa shape index (κ3) is 5.76. The number of halogens is 1. The standard InChI is InChI=1S/C15H22ClN3O3S/c1-11-13(16)4-3-5-14(11)17-15(20)10-19-8-6-12(7-9-19)18-23(2,21)22/h3-5,12,18H,6-10H2,1-2H3,(H,17,20). The number of piperidine rings is 1. The molecule has 8 heteroatoms. The van der Waals surface area contributed by atoms with Crippen LogP contribution in [0.1, 0.15) is 18.4 Å². The number of benzene rings is 1. The van der Waals surface area contributed by atoms with Gasteiger partial charge in [-0.1, -0.05) is 17.7 Å². The summed E-state index contributed by atoms with van der Waals surface area (Å²) in [6, 6.07) is 5.36. The van der Waals surface area contributed by atoms with Gasteiger partial charge in [0.05, 0.1) is 12.8 Å². The van der Waals surface area contributed by atoms with Crippen molar-refractivity contribution < 1.29 is 13.2 Å². The molecule has 1 aliphatic rings. The average Bonchev–Trinajstić information content (AvgIpc) is 2.44. The van der Waals surface area contributed by atoms with Crippen molar-refractivity contribution in [1.29, 1.82) is 0 Å². The van der Waals surface area contributed by atoms with Crippen molar-refractivity contribution in [1.82, 2.24) is 9.62 Å². The van der Waals surface area contributed by atoms with E-state index < -0.39 is 10.0 Å². The highest BCUT2D eigenvalue weighted by Crippen LogP contribution is 2.23. The number of hydrogen-bond donors (Lipinski definition) is 2. The third-order valence-corrected chi connectivity index (χ3v) is 5.05. The molecule has 0 bridgehead atoms. The number of rotatable bonds is 5. The molecule has 2 rings (SSSR count). The lowest BCUT2D eigenvalue weighted by Gasteiger charge is -2.31. The number of sulfonamides is 1. The number of amides is 1. The van der Waals surface area contributed by atoms with E-state index in [1.807, 2.05) is 17.9 Å². The van der Waals surface area contributed by atoms with Crippen LogP contribution >= 0.6 is 11.6 Å². The first kappa shape index (κ1) is 18.2. The van der Waals surface area contributed by atoms with Crippen LogP contribution in [0, 0.1) is 6.92 Å². The molecule has 1 fully saturated rings. The van der Waals surface area contributed by atoms with Crippen LogP contribution in [0.25, 0.3) is 0 Å². The van der Waals surface area contributed by atoms with Gasteiger partial charge in [0, 0.05) is 29.8 Å². The summed E-state index contributed by atoms with van der Waals surface area (Å²) in [5, 5.41) is 3.49. The fraction of sp³-hybridized carbons (Fsp3) is 0.533. The molecule has 2 N–H and O–H groups in total. The molecular formula is C15H22ClN3O3S. The van der Waals surface area contributed by atoms with Gasteiger partial charge in [-0.2, -0.15) is 0 Å². The topological polar surface area (TPSA) is 78.5 Å². The molecule has 1 aromatic carbocycles. The van der Waals surface area contributed by atoms with E-state index in [1.54, 1.807) is 12.1 Å². The fourth-order valence-electron chi connectivity index (χ4n) is 2.65. The molecule has 0 aromatic heterocycles. The number of nitrogens with zero attached hydrogens (tertiary/aromatic N) is 1. The van der Waals surface area contributed by atoms with Crippen molar-refractivity contribution in [3.63, 3.8) is 0 Å². The molecule has 1 aromatic rings. The van der Waals surface area contributed by atoms with Crippen LogP contribution < -0.4 is 10.0 Å². The minimum absolute atomic E-state index is 0.0421. The van der Waals surface area contributed by atoms with Crippen molar-refractivity contribution >= 4 is 33.2 Å². The number of anilines is 1. The summed E-state index contributed by atoms with van der Waals surface area (Å²) < 4.78 is 25.1. The van der Waals surface area contributed by atoms with E-state index in [4.69, 9.17) is 11.6 Å². The Labute approximate surface area is 142 Å². The number of likely N-dealkylation sites (tertiary alicyclic amines) is 1. The molecule has 0 saturated carbocycles. The second-order valence-corrected chi connectivity index (χ2v) is 8.09. The van der Waals surface area contributed by atoms with E-state index in [-0.39, 0.29) is 18.5 Å². The first-order chi connectivity index (χ1) is 10.7. The van der Waals surface area contributed by atoms with Crippen molar-refractivity contribution in [2.24, 2.45) is 0 Å². The molecule has 1 saturated heterocycles. The quantitative estimate of drug-likeness (QED) is 0.837. The summed E-state index contributed by atoms with van der Waals surface area (Å²) in [5.41, 5.74) is 1.56. The summed E-state index contributed by atoms with van der Waals surface area (Å²) in [6.07, 6.45) is 2.58. The van der Waals surface area contributed by atoms with Crippen molar-refractivity contribution in [2.45, 2.75) is 25.8 Å². The van der Waals surface area contributed by atoms with Crippen LogP contribution in [0.3, 0.4) is 0 Å². The lowest BCUT2D eigenvalue weighted by molar-refractivity contribution is -0.117. The van der Waals surface area contributed by atoms with Crippen LogP contribution in [0.5, 0.6) is 0 Å². The Hall–Kier alpha value is -1.15. The van der Waals surface area contributed by atoms with Gasteiger partial charge in [0.25, 0.3) is 0 Å². The molecule has 0 spiro atoms. The van der Waals surface area contributed by atoms with Crippen molar-refractivity contribution in [3.05, 3.63) is 28.8 Å². The van der Waals surface area contributed by atoms with Gasteiger partial charge >= 0.3 is 0 Å². The minimum Gasteiger partial charge on any atom is -0.325 e. The molecule has 1 amide bonds. The van der Waals surface area contributed by atoms with Gasteiger partial charge in [0.1, 0.15) is 0 Å². The number of carbonyl (C=O) groups excluding carboxylic acids is 1. The Kier molecular flexibility index (Phi) is 6.02. The predicted octanol–water partition coefficient (Wildman–Crippen LogP) is 1.60. The molecule has 0 atom stereocenters. The normalized spacial score (nSPS) is 17.2. The van der Waals surface area contributed by atoms with Gasteiger partial charge in [-0.3, -0.25) is 9.69 Å². The lowest BCUT2D eigenvalue weighted by atomic mass is 10.1. The molecule has 1 aliphatic heterocycles. The maximum Gasteiger partial charge on any atom is 0.238 e. The van der Waals surface area contributed by atoms with E-state index in [0.717, 1.165) is 11.3 Å². The summed E-state index contributed by atoms with van der Waals surface area (Å²) in [5.74, 6) is -0.0927. The highest BCUT2D eigenvalue weighted by atomic mass is 35.5. The summed E-state index contributed by atoms with van der Waals surface area (Å²) >= 11 is 6.04. The number of carbonyl (C=O) groups is 1. The Balaban J connectivity index is 1.82. The Morgan fingerprint density at radius 2 is 2.00 bits per heavy atom. The highest BCUT2D eigenvalue weighted by molar-refractivity contribution is 7.88. The second-order valence-electron chi connectivity index (χ2n) is 5.90. The van der Waals surface area contributed by atoms with E-state index in [2.05, 4.69) is 10.0 Å². The van der Waals surface area contributed by atoms with Gasteiger partial charge in [-0.15, -0.1) is 0 Å². The van der Waals surface area contributed by atoms with Gasteiger partial charge in [-0.05, 0) is 37.5 Å². The van der Waals surface area contributed by atoms with Crippen LogP contribution in [-0.2, 0) is 14.8 Å². The van der Waals surface area contributed by atoms with E-state index in [1.165, 1.54) is 6.26 Å². The summed E-state index contributed by atoms with van der Waals surface area (Å²) in [7, 11) is -3.17. The van der Waals surface area contributed by atoms with Crippen LogP contribution in [0.4, 0.5) is 5.69 Å². The highest BCUT2D eigenvalue weighted by Gasteiger charge is 2.23. The summed E-state index contributed by atoms with van der Waals surface area (Å²) in [4.78, 5) is 14.2. The molecular weight excluding hydrogens is 338 g/mol. The summed E-state index contributed by atoms with van der Waals surface area (Å²) in [6.45, 7) is 3.53. The van der Waals surface area contributed by atoms with Gasteiger partial charge in [0.15, 0.2) is 0 Å². The molecule has 0 radical (unpaired) electrons. The van der Waals surface area contributed by atoms with Gasteiger partial charge in [0.2, 0.25) is 15.9 Å². The smallest absolute Gasteiger partial charge is 0.238 e. The van der Waals surface area contributed by atoms with Crippen LogP contribution in [0.15, 0.2) is 18.2 Å². The molecule has 23 heavy (non-hydrogen) atoms. The van der Waals surface area contributed by atoms with E-state index in [0.29, 0.717) is 31.0 Å². The molecule has 0 unspecified atom stereocenters. The van der Waals surface area contributed by atoms with Crippen LogP contribution in [0.2, 0.25) is 5.02 Å².